The quantitative estimate of drug-likeness (QED) is 0.397. The molecule has 3 aromatic rings. The van der Waals surface area contributed by atoms with Crippen LogP contribution in [0, 0.1) is 0 Å². The SMILES string of the molecule is CN1CCN(c2ccc(CN3CCC(NC(=O)c4ccc(Cl)c(-c5ccc(OC(F)(F)F)cc5)c4)CC3)cn2)CC1. The first-order chi connectivity index (χ1) is 19.6. The van der Waals surface area contributed by atoms with Crippen LogP contribution in [0.5, 0.6) is 5.75 Å². The van der Waals surface area contributed by atoms with E-state index in [1.54, 1.807) is 18.2 Å². The number of carbonyl (C=O) groups is 1. The van der Waals surface area contributed by atoms with Gasteiger partial charge in [0.25, 0.3) is 5.91 Å². The van der Waals surface area contributed by atoms with Gasteiger partial charge in [-0.1, -0.05) is 29.8 Å². The standard InChI is InChI=1S/C30H33ClF3N5O2/c1-37-14-16-39(17-15-37)28-9-2-21(19-35-28)20-38-12-10-24(11-13-38)36-29(40)23-5-8-27(31)26(18-23)22-3-6-25(7-4-22)41-30(32,33)34/h2-9,18-19,24H,10-17,20H2,1H3,(H,36,40). The Morgan fingerprint density at radius 1 is 1.00 bits per heavy atom. The molecule has 1 N–H and O–H groups in total. The predicted molar refractivity (Wildman–Crippen MR) is 153 cm³/mol. The second kappa shape index (κ2) is 12.7. The Balaban J connectivity index is 1.12. The molecule has 0 spiro atoms. The number of ether oxygens (including phenoxy) is 1. The fraction of sp³-hybridized carbons (Fsp3) is 0.400. The van der Waals surface area contributed by atoms with E-state index in [2.05, 4.69) is 43.9 Å². The number of likely N-dealkylation sites (tertiary alicyclic amines) is 1. The number of nitrogens with zero attached hydrogens (tertiary/aromatic N) is 4. The number of rotatable bonds is 7. The largest absolute Gasteiger partial charge is 0.573 e. The lowest BCUT2D eigenvalue weighted by Crippen LogP contribution is -2.45. The molecular formula is C30H33ClF3N5O2. The normalized spacial score (nSPS) is 17.4. The van der Waals surface area contributed by atoms with Crippen LogP contribution in [-0.2, 0) is 6.54 Å². The zero-order chi connectivity index (χ0) is 29.0. The molecule has 3 heterocycles. The Bertz CT molecular complexity index is 1320. The third-order valence-corrected chi connectivity index (χ3v) is 7.92. The molecule has 0 atom stereocenters. The number of hydrogen-bond donors (Lipinski definition) is 1. The number of piperidine rings is 1. The van der Waals surface area contributed by atoms with Crippen LogP contribution in [0.15, 0.2) is 60.8 Å². The van der Waals surface area contributed by atoms with E-state index in [-0.39, 0.29) is 17.7 Å². The summed E-state index contributed by atoms with van der Waals surface area (Å²) in [5.41, 5.74) is 2.75. The van der Waals surface area contributed by atoms with Gasteiger partial charge in [0.05, 0.1) is 0 Å². The van der Waals surface area contributed by atoms with Crippen LogP contribution in [0.25, 0.3) is 11.1 Å². The zero-order valence-corrected chi connectivity index (χ0v) is 23.6. The lowest BCUT2D eigenvalue weighted by atomic mass is 10.0. The third-order valence-electron chi connectivity index (χ3n) is 7.59. The van der Waals surface area contributed by atoms with Crippen molar-refractivity contribution in [1.82, 2.24) is 20.1 Å². The highest BCUT2D eigenvalue weighted by Gasteiger charge is 2.31. The molecule has 0 radical (unpaired) electrons. The van der Waals surface area contributed by atoms with Crippen molar-refractivity contribution in [2.75, 3.05) is 51.2 Å². The molecule has 11 heteroatoms. The van der Waals surface area contributed by atoms with Gasteiger partial charge >= 0.3 is 6.36 Å². The monoisotopic (exact) mass is 587 g/mol. The Morgan fingerprint density at radius 3 is 2.34 bits per heavy atom. The van der Waals surface area contributed by atoms with Crippen molar-refractivity contribution in [3.8, 4) is 16.9 Å². The highest BCUT2D eigenvalue weighted by molar-refractivity contribution is 6.33. The minimum atomic E-state index is -4.76. The molecule has 2 aliphatic heterocycles. The lowest BCUT2D eigenvalue weighted by Gasteiger charge is -2.33. The number of anilines is 1. The molecule has 0 bridgehead atoms. The van der Waals surface area contributed by atoms with Gasteiger partial charge in [0, 0.05) is 74.2 Å². The summed E-state index contributed by atoms with van der Waals surface area (Å²) in [5.74, 6) is 0.500. The van der Waals surface area contributed by atoms with Gasteiger partial charge in [-0.2, -0.15) is 0 Å². The fourth-order valence-electron chi connectivity index (χ4n) is 5.22. The van der Waals surface area contributed by atoms with Crippen molar-refractivity contribution in [3.05, 3.63) is 76.9 Å². The van der Waals surface area contributed by atoms with Crippen molar-refractivity contribution in [1.29, 1.82) is 0 Å². The van der Waals surface area contributed by atoms with E-state index in [1.807, 2.05) is 6.20 Å². The van der Waals surface area contributed by atoms with E-state index in [0.29, 0.717) is 21.7 Å². The molecule has 1 amide bonds. The topological polar surface area (TPSA) is 60.9 Å². The summed E-state index contributed by atoms with van der Waals surface area (Å²) in [6.45, 7) is 6.63. The van der Waals surface area contributed by atoms with Crippen LogP contribution in [0.2, 0.25) is 5.02 Å². The lowest BCUT2D eigenvalue weighted by molar-refractivity contribution is -0.274. The van der Waals surface area contributed by atoms with E-state index in [0.717, 1.165) is 64.5 Å². The van der Waals surface area contributed by atoms with E-state index in [4.69, 9.17) is 16.6 Å². The zero-order valence-electron chi connectivity index (χ0n) is 22.8. The van der Waals surface area contributed by atoms with Gasteiger partial charge in [0.2, 0.25) is 0 Å². The smallest absolute Gasteiger partial charge is 0.406 e. The molecule has 2 fully saturated rings. The number of nitrogens with one attached hydrogen (secondary N) is 1. The van der Waals surface area contributed by atoms with E-state index >= 15 is 0 Å². The average Bonchev–Trinajstić information content (AvgIpc) is 2.95. The summed E-state index contributed by atoms with van der Waals surface area (Å²) in [6.07, 6.45) is -1.13. The highest BCUT2D eigenvalue weighted by Crippen LogP contribution is 2.32. The van der Waals surface area contributed by atoms with Crippen LogP contribution in [0.1, 0.15) is 28.8 Å². The summed E-state index contributed by atoms with van der Waals surface area (Å²) in [5, 5.41) is 3.52. The van der Waals surface area contributed by atoms with E-state index in [1.165, 1.54) is 29.8 Å². The summed E-state index contributed by atoms with van der Waals surface area (Å²) in [7, 11) is 2.14. The van der Waals surface area contributed by atoms with Gasteiger partial charge in [-0.05, 0) is 67.4 Å². The van der Waals surface area contributed by atoms with Gasteiger partial charge in [-0.15, -0.1) is 13.2 Å². The van der Waals surface area contributed by atoms with Gasteiger partial charge in [-0.3, -0.25) is 9.69 Å². The molecule has 218 valence electrons. The molecule has 5 rings (SSSR count). The number of halogens is 4. The molecule has 2 saturated heterocycles. The number of carbonyl (C=O) groups excluding carboxylic acids is 1. The van der Waals surface area contributed by atoms with Crippen molar-refractivity contribution >= 4 is 23.3 Å². The minimum absolute atomic E-state index is 0.0504. The highest BCUT2D eigenvalue weighted by atomic mass is 35.5. The first kappa shape index (κ1) is 29.2. The first-order valence-electron chi connectivity index (χ1n) is 13.7. The van der Waals surface area contributed by atoms with Crippen molar-refractivity contribution < 1.29 is 22.7 Å². The number of hydrogen-bond acceptors (Lipinski definition) is 6. The van der Waals surface area contributed by atoms with Crippen LogP contribution in [0.4, 0.5) is 19.0 Å². The van der Waals surface area contributed by atoms with Crippen LogP contribution < -0.4 is 15.0 Å². The number of alkyl halides is 3. The first-order valence-corrected chi connectivity index (χ1v) is 14.1. The molecular weight excluding hydrogens is 555 g/mol. The van der Waals surface area contributed by atoms with Gasteiger partial charge in [0.1, 0.15) is 11.6 Å². The van der Waals surface area contributed by atoms with Gasteiger partial charge < -0.3 is 19.9 Å². The minimum Gasteiger partial charge on any atom is -0.406 e. The van der Waals surface area contributed by atoms with Crippen molar-refractivity contribution in [2.45, 2.75) is 31.8 Å². The molecule has 7 nitrogen and oxygen atoms in total. The van der Waals surface area contributed by atoms with Gasteiger partial charge in [0.15, 0.2) is 0 Å². The summed E-state index contributed by atoms with van der Waals surface area (Å²) in [6, 6.07) is 14.6. The molecule has 0 aliphatic carbocycles. The third kappa shape index (κ3) is 7.90. The van der Waals surface area contributed by atoms with Crippen LogP contribution >= 0.6 is 11.6 Å². The fourth-order valence-corrected chi connectivity index (χ4v) is 5.45. The Labute approximate surface area is 242 Å². The van der Waals surface area contributed by atoms with Crippen LogP contribution in [0.3, 0.4) is 0 Å². The Hall–Kier alpha value is -3.34. The Kier molecular flexibility index (Phi) is 9.01. The molecule has 0 unspecified atom stereocenters. The van der Waals surface area contributed by atoms with Crippen molar-refractivity contribution in [3.63, 3.8) is 0 Å². The number of pyridine rings is 1. The maximum absolute atomic E-state index is 13.0. The number of benzene rings is 2. The molecule has 2 aromatic carbocycles. The molecule has 41 heavy (non-hydrogen) atoms. The molecule has 1 aromatic heterocycles. The number of amides is 1. The maximum atomic E-state index is 13.0. The summed E-state index contributed by atoms with van der Waals surface area (Å²) >= 11 is 6.35. The number of aromatic nitrogens is 1. The molecule has 2 aliphatic rings. The van der Waals surface area contributed by atoms with Crippen molar-refractivity contribution in [2.24, 2.45) is 0 Å². The second-order valence-electron chi connectivity index (χ2n) is 10.6. The average molecular weight is 588 g/mol. The number of piperazine rings is 1. The van der Waals surface area contributed by atoms with E-state index in [9.17, 15) is 18.0 Å². The van der Waals surface area contributed by atoms with Gasteiger partial charge in [-0.25, -0.2) is 4.98 Å². The summed E-state index contributed by atoms with van der Waals surface area (Å²) in [4.78, 5) is 24.8. The molecule has 0 saturated carbocycles. The maximum Gasteiger partial charge on any atom is 0.573 e. The summed E-state index contributed by atoms with van der Waals surface area (Å²) < 4.78 is 41.3. The number of likely N-dealkylation sites (N-methyl/N-ethyl adjacent to an activating group) is 1. The Morgan fingerprint density at radius 2 is 1.71 bits per heavy atom. The predicted octanol–water partition coefficient (Wildman–Crippen LogP) is 5.45. The van der Waals surface area contributed by atoms with Crippen LogP contribution in [-0.4, -0.2) is 79.4 Å². The van der Waals surface area contributed by atoms with E-state index < -0.39 is 6.36 Å². The second-order valence-corrected chi connectivity index (χ2v) is 11.0.